The summed E-state index contributed by atoms with van der Waals surface area (Å²) in [5.74, 6) is -0.979. The van der Waals surface area contributed by atoms with Crippen molar-refractivity contribution in [2.24, 2.45) is 5.11 Å². The number of aromatic carboxylic acids is 1. The number of carboxylic acids is 1. The Labute approximate surface area is 80.6 Å². The summed E-state index contributed by atoms with van der Waals surface area (Å²) in [6.45, 7) is 2.03. The van der Waals surface area contributed by atoms with Crippen LogP contribution in [0, 0.1) is 6.92 Å². The van der Waals surface area contributed by atoms with Crippen molar-refractivity contribution >= 4 is 5.97 Å². The predicted molar refractivity (Wildman–Crippen MR) is 51.0 cm³/mol. The highest BCUT2D eigenvalue weighted by molar-refractivity contribution is 5.87. The lowest BCUT2D eigenvalue weighted by molar-refractivity contribution is 0.0697. The van der Waals surface area contributed by atoms with Crippen LogP contribution in [0.1, 0.15) is 21.5 Å². The van der Waals surface area contributed by atoms with Crippen molar-refractivity contribution in [2.45, 2.75) is 13.5 Å². The van der Waals surface area contributed by atoms with Crippen LogP contribution in [0.2, 0.25) is 0 Å². The van der Waals surface area contributed by atoms with Crippen LogP contribution < -0.4 is 0 Å². The molecule has 0 saturated carbocycles. The molecule has 0 aliphatic carbocycles. The van der Waals surface area contributed by atoms with Gasteiger partial charge in [-0.15, -0.1) is 0 Å². The van der Waals surface area contributed by atoms with Gasteiger partial charge in [0.15, 0.2) is 0 Å². The van der Waals surface area contributed by atoms with Crippen LogP contribution in [-0.2, 0) is 6.54 Å². The fourth-order valence-corrected chi connectivity index (χ4v) is 1.08. The number of benzene rings is 1. The molecule has 0 aliphatic heterocycles. The molecule has 0 amide bonds. The Morgan fingerprint density at radius 2 is 2.36 bits per heavy atom. The Morgan fingerprint density at radius 1 is 1.64 bits per heavy atom. The molecule has 72 valence electrons. The second-order valence-corrected chi connectivity index (χ2v) is 2.84. The number of hydrogen-bond acceptors (Lipinski definition) is 2. The highest BCUT2D eigenvalue weighted by Gasteiger charge is 2.04. The summed E-state index contributed by atoms with van der Waals surface area (Å²) in [5, 5.41) is 12.1. The summed E-state index contributed by atoms with van der Waals surface area (Å²) < 4.78 is 0. The Kier molecular flexibility index (Phi) is 3.09. The largest absolute Gasteiger partial charge is 0.478 e. The van der Waals surface area contributed by atoms with Crippen molar-refractivity contribution in [2.75, 3.05) is 0 Å². The SMILES string of the molecule is Cc1ccc(C(=O)O)cc1CN=[N+]=[N-]. The average Bonchev–Trinajstić information content (AvgIpc) is 2.16. The Hall–Kier alpha value is -2.00. The van der Waals surface area contributed by atoms with Gasteiger partial charge in [0.1, 0.15) is 0 Å². The van der Waals surface area contributed by atoms with E-state index >= 15 is 0 Å². The van der Waals surface area contributed by atoms with Gasteiger partial charge in [0, 0.05) is 4.91 Å². The van der Waals surface area contributed by atoms with Gasteiger partial charge in [-0.2, -0.15) is 0 Å². The van der Waals surface area contributed by atoms with Crippen LogP contribution in [0.4, 0.5) is 0 Å². The van der Waals surface area contributed by atoms with Crippen LogP contribution in [0.25, 0.3) is 10.4 Å². The lowest BCUT2D eigenvalue weighted by atomic mass is 10.1. The van der Waals surface area contributed by atoms with E-state index in [0.29, 0.717) is 0 Å². The van der Waals surface area contributed by atoms with Gasteiger partial charge in [0.2, 0.25) is 0 Å². The minimum atomic E-state index is -0.979. The zero-order valence-electron chi connectivity index (χ0n) is 7.64. The van der Waals surface area contributed by atoms with Crippen molar-refractivity contribution in [1.82, 2.24) is 0 Å². The molecule has 0 saturated heterocycles. The Balaban J connectivity index is 3.07. The minimum absolute atomic E-state index is 0.184. The van der Waals surface area contributed by atoms with Crippen molar-refractivity contribution in [3.63, 3.8) is 0 Å². The quantitative estimate of drug-likeness (QED) is 0.452. The van der Waals surface area contributed by atoms with E-state index in [9.17, 15) is 4.79 Å². The molecule has 0 bridgehead atoms. The zero-order valence-corrected chi connectivity index (χ0v) is 7.64. The molecule has 0 spiro atoms. The molecule has 0 unspecified atom stereocenters. The van der Waals surface area contributed by atoms with E-state index < -0.39 is 5.97 Å². The minimum Gasteiger partial charge on any atom is -0.478 e. The van der Waals surface area contributed by atoms with Crippen molar-refractivity contribution in [3.05, 3.63) is 45.3 Å². The zero-order chi connectivity index (χ0) is 10.6. The second kappa shape index (κ2) is 4.30. The fourth-order valence-electron chi connectivity index (χ4n) is 1.08. The third-order valence-corrected chi connectivity index (χ3v) is 1.90. The summed E-state index contributed by atoms with van der Waals surface area (Å²) >= 11 is 0. The van der Waals surface area contributed by atoms with E-state index in [0.717, 1.165) is 11.1 Å². The maximum absolute atomic E-state index is 10.6. The number of hydrogen-bond donors (Lipinski definition) is 1. The van der Waals surface area contributed by atoms with E-state index in [-0.39, 0.29) is 12.1 Å². The average molecular weight is 191 g/mol. The lowest BCUT2D eigenvalue weighted by Crippen LogP contribution is -1.98. The molecule has 0 fully saturated rings. The number of carboxylic acid groups (broad SMARTS) is 1. The highest BCUT2D eigenvalue weighted by atomic mass is 16.4. The molecule has 1 aromatic carbocycles. The van der Waals surface area contributed by atoms with Gasteiger partial charge in [-0.25, -0.2) is 4.79 Å². The van der Waals surface area contributed by atoms with Crippen molar-refractivity contribution < 1.29 is 9.90 Å². The molecule has 0 radical (unpaired) electrons. The third-order valence-electron chi connectivity index (χ3n) is 1.90. The van der Waals surface area contributed by atoms with E-state index in [1.165, 1.54) is 12.1 Å². The lowest BCUT2D eigenvalue weighted by Gasteiger charge is -2.03. The summed E-state index contributed by atoms with van der Waals surface area (Å²) in [4.78, 5) is 13.3. The van der Waals surface area contributed by atoms with Gasteiger partial charge < -0.3 is 5.11 Å². The van der Waals surface area contributed by atoms with Crippen LogP contribution in [-0.4, -0.2) is 11.1 Å². The van der Waals surface area contributed by atoms with E-state index in [4.69, 9.17) is 10.6 Å². The number of nitrogens with zero attached hydrogens (tertiary/aromatic N) is 3. The maximum Gasteiger partial charge on any atom is 0.335 e. The van der Waals surface area contributed by atoms with Gasteiger partial charge >= 0.3 is 5.97 Å². The van der Waals surface area contributed by atoms with Gasteiger partial charge in [0.25, 0.3) is 0 Å². The standard InChI is InChI=1S/C9H9N3O2/c1-6-2-3-7(9(13)14)4-8(6)5-11-12-10/h2-4H,5H2,1H3,(H,13,14). The Morgan fingerprint density at radius 3 is 2.93 bits per heavy atom. The first-order valence-corrected chi connectivity index (χ1v) is 3.99. The van der Waals surface area contributed by atoms with Crippen molar-refractivity contribution in [1.29, 1.82) is 0 Å². The molecular weight excluding hydrogens is 182 g/mol. The van der Waals surface area contributed by atoms with E-state index in [1.807, 2.05) is 6.92 Å². The molecule has 1 rings (SSSR count). The first-order valence-electron chi connectivity index (χ1n) is 3.99. The first kappa shape index (κ1) is 10.1. The number of azide groups is 1. The molecule has 0 aliphatic rings. The molecule has 5 heteroatoms. The molecule has 0 aromatic heterocycles. The molecule has 14 heavy (non-hydrogen) atoms. The smallest absolute Gasteiger partial charge is 0.335 e. The van der Waals surface area contributed by atoms with Crippen LogP contribution in [0.15, 0.2) is 23.3 Å². The predicted octanol–water partition coefficient (Wildman–Crippen LogP) is 2.50. The van der Waals surface area contributed by atoms with Crippen molar-refractivity contribution in [3.8, 4) is 0 Å². The summed E-state index contributed by atoms with van der Waals surface area (Å²) in [5.41, 5.74) is 10.0. The highest BCUT2D eigenvalue weighted by Crippen LogP contribution is 2.12. The summed E-state index contributed by atoms with van der Waals surface area (Å²) in [7, 11) is 0. The number of aryl methyl sites for hydroxylation is 1. The molecule has 1 N–H and O–H groups in total. The van der Waals surface area contributed by atoms with Gasteiger partial charge in [-0.05, 0) is 35.7 Å². The molecular formula is C9H9N3O2. The molecule has 0 heterocycles. The van der Waals surface area contributed by atoms with E-state index in [1.54, 1.807) is 6.07 Å². The van der Waals surface area contributed by atoms with Crippen LogP contribution in [0.3, 0.4) is 0 Å². The normalized spacial score (nSPS) is 9.21. The molecule has 0 atom stereocenters. The monoisotopic (exact) mass is 191 g/mol. The third kappa shape index (κ3) is 2.24. The molecule has 5 nitrogen and oxygen atoms in total. The van der Waals surface area contributed by atoms with E-state index in [2.05, 4.69) is 10.0 Å². The topological polar surface area (TPSA) is 86.1 Å². The number of rotatable bonds is 3. The van der Waals surface area contributed by atoms with Crippen LogP contribution in [0.5, 0.6) is 0 Å². The summed E-state index contributed by atoms with van der Waals surface area (Å²) in [6.07, 6.45) is 0. The van der Waals surface area contributed by atoms with Gasteiger partial charge in [-0.1, -0.05) is 11.2 Å². The van der Waals surface area contributed by atoms with Gasteiger partial charge in [0.05, 0.1) is 12.1 Å². The maximum atomic E-state index is 10.6. The number of carbonyl (C=O) groups is 1. The summed E-state index contributed by atoms with van der Waals surface area (Å²) in [6, 6.07) is 4.75. The molecule has 1 aromatic rings. The Bertz CT molecular complexity index is 409. The fraction of sp³-hybridized carbons (Fsp3) is 0.222. The second-order valence-electron chi connectivity index (χ2n) is 2.84. The van der Waals surface area contributed by atoms with Gasteiger partial charge in [-0.3, -0.25) is 0 Å². The van der Waals surface area contributed by atoms with Crippen LogP contribution >= 0.6 is 0 Å². The first-order chi connectivity index (χ1) is 6.65.